The Morgan fingerprint density at radius 3 is 0.583 bits per heavy atom. The molecule has 0 nitrogen and oxygen atoms in total. The Balaban J connectivity index is 0.000000400. The molecule has 10 aliphatic heterocycles. The van der Waals surface area contributed by atoms with Crippen LogP contribution in [0.3, 0.4) is 0 Å². The van der Waals surface area contributed by atoms with Gasteiger partial charge in [-0.2, -0.15) is 0 Å². The van der Waals surface area contributed by atoms with Gasteiger partial charge in [0, 0.05) is 0 Å². The quantitative estimate of drug-likeness (QED) is 0.572. The van der Waals surface area contributed by atoms with Crippen molar-refractivity contribution >= 4 is 0 Å². The third-order valence-electron chi connectivity index (χ3n) is 13.8. The molecule has 0 bridgehead atoms. The van der Waals surface area contributed by atoms with Gasteiger partial charge >= 0.3 is 54.9 Å². The summed E-state index contributed by atoms with van der Waals surface area (Å²) >= 11 is 0. The Labute approximate surface area is 60.0 Å². The number of fused-ring (bicyclic) bond motifs is 10. The van der Waals surface area contributed by atoms with Crippen LogP contribution in [0, 0.1) is 0 Å². The van der Waals surface area contributed by atoms with E-state index in [4.69, 9.17) is 0 Å². The summed E-state index contributed by atoms with van der Waals surface area (Å²) in [5, 5.41) is 0. The van der Waals surface area contributed by atoms with Gasteiger partial charge in [-0.15, -0.1) is 0 Å². The number of hydrogen-bond acceptors (Lipinski definition) is 0. The van der Waals surface area contributed by atoms with Gasteiger partial charge in [0.05, 0.1) is 0 Å². The molecule has 10 fully saturated rings. The molecule has 10 aliphatic rings. The summed E-state index contributed by atoms with van der Waals surface area (Å²) in [5.41, 5.74) is 0. The predicted molar refractivity (Wildman–Crippen MR) is 40.0 cm³/mol. The molecule has 0 amide bonds. The molecule has 0 aromatic rings. The fourth-order valence-electron chi connectivity index (χ4n) is 14.8. The zero-order valence-corrected chi connectivity index (χ0v) is 7.56. The Morgan fingerprint density at radius 2 is 0.583 bits per heavy atom. The van der Waals surface area contributed by atoms with E-state index < -0.39 is 6.37 Å². The summed E-state index contributed by atoms with van der Waals surface area (Å²) in [4.78, 5) is 15.9. The standard InChI is InChI=1S/2C5H5.Co.FH/c2*1-2-4-5-3-1;;/h2*1-5H;;1H. The minimum absolute atomic E-state index is 0. The van der Waals surface area contributed by atoms with Crippen molar-refractivity contribution in [1.82, 2.24) is 0 Å². The van der Waals surface area contributed by atoms with Crippen LogP contribution in [0.4, 0.5) is 4.70 Å². The van der Waals surface area contributed by atoms with Crippen LogP contribution in [-0.2, 0) is 6.37 Å². The van der Waals surface area contributed by atoms with E-state index in [2.05, 4.69) is 0 Å². The van der Waals surface area contributed by atoms with Crippen LogP contribution >= 0.6 is 0 Å². The van der Waals surface area contributed by atoms with Gasteiger partial charge in [0.1, 0.15) is 0 Å². The molecule has 10 rings (SSSR count). The van der Waals surface area contributed by atoms with Gasteiger partial charge in [-0.3, -0.25) is 4.70 Å². The van der Waals surface area contributed by atoms with Crippen molar-refractivity contribution in [3.05, 3.63) is 0 Å². The summed E-state index contributed by atoms with van der Waals surface area (Å²) in [5.74, 6) is 0. The maximum absolute atomic E-state index is 2.20. The van der Waals surface area contributed by atoms with Gasteiger partial charge in [0.15, 0.2) is 0 Å². The van der Waals surface area contributed by atoms with Crippen LogP contribution in [-0.4, -0.2) is 0 Å². The van der Waals surface area contributed by atoms with Gasteiger partial charge in [-0.25, -0.2) is 0 Å². The molecule has 0 N–H and O–H groups in total. The first-order valence-corrected chi connectivity index (χ1v) is 11.3. The van der Waals surface area contributed by atoms with E-state index in [1.807, 2.05) is 0 Å². The Hall–Kier alpha value is 0.436. The van der Waals surface area contributed by atoms with Gasteiger partial charge < -0.3 is 0 Å². The van der Waals surface area contributed by atoms with Gasteiger partial charge in [0.25, 0.3) is 0 Å². The molecule has 2 heteroatoms. The molecule has 67 valence electrons. The van der Waals surface area contributed by atoms with Crippen LogP contribution in [0.25, 0.3) is 0 Å². The molecule has 0 radical (unpaired) electrons. The van der Waals surface area contributed by atoms with Crippen molar-refractivity contribution in [2.45, 2.75) is 48.5 Å². The monoisotopic (exact) mass is 209 g/mol. The molecule has 0 unspecified atom stereocenters. The molecule has 0 saturated carbocycles. The SMILES string of the molecule is F.[CH]12[CH]3[CH]4[CH]5[CH]1[Co]23451678[CH]2[CH]1[CH]6[CH]7[CH]28. The maximum atomic E-state index is 1.59. The summed E-state index contributed by atoms with van der Waals surface area (Å²) in [6.07, 6.45) is -2.20. The van der Waals surface area contributed by atoms with Gasteiger partial charge in [-0.1, -0.05) is 0 Å². The average Bonchev–Trinajstić information content (AvgIpc) is 3.01. The van der Waals surface area contributed by atoms with Gasteiger partial charge in [0.2, 0.25) is 0 Å². The number of halogens is 1. The Bertz CT molecular complexity index is 577. The molecule has 1 spiro atoms. The Morgan fingerprint density at radius 1 is 0.417 bits per heavy atom. The van der Waals surface area contributed by atoms with Crippen molar-refractivity contribution in [3.8, 4) is 0 Å². The predicted octanol–water partition coefficient (Wildman–Crippen LogP) is 3.53. The molecule has 12 heavy (non-hydrogen) atoms. The average molecular weight is 209 g/mol. The summed E-state index contributed by atoms with van der Waals surface area (Å²) < 4.78 is 0. The Kier molecular flexibility index (Phi) is 0.0710. The normalized spacial score (nSPS) is 157. The molecular formula is C10H11CoF. The summed E-state index contributed by atoms with van der Waals surface area (Å²) in [6, 6.07) is 0. The van der Waals surface area contributed by atoms with E-state index in [-0.39, 0.29) is 4.70 Å². The first-order chi connectivity index (χ1) is 5.16. The second-order valence-electron chi connectivity index (χ2n) is 9.15. The number of rotatable bonds is 0. The minimum atomic E-state index is -2.20. The van der Waals surface area contributed by atoms with Crippen molar-refractivity contribution in [3.63, 3.8) is 0 Å². The third-order valence-corrected chi connectivity index (χ3v) is 53.3. The van der Waals surface area contributed by atoms with Crippen LogP contribution < -0.4 is 0 Å². The zero-order chi connectivity index (χ0) is 6.09. The second-order valence-corrected chi connectivity index (χ2v) is 31.7. The molecule has 10 heterocycles. The van der Waals surface area contributed by atoms with E-state index in [1.165, 1.54) is 0 Å². The van der Waals surface area contributed by atoms with E-state index in [0.717, 1.165) is 0 Å². The molecule has 0 atom stereocenters. The molecule has 10 saturated heterocycles. The van der Waals surface area contributed by atoms with Crippen molar-refractivity contribution in [2.75, 3.05) is 0 Å². The molecule has 0 aliphatic carbocycles. The molecule has 0 aromatic heterocycles. The second kappa shape index (κ2) is 0.219. The van der Waals surface area contributed by atoms with E-state index in [9.17, 15) is 0 Å². The van der Waals surface area contributed by atoms with Crippen LogP contribution in [0.1, 0.15) is 0 Å². The number of hydrogen-bond donors (Lipinski definition) is 0. The van der Waals surface area contributed by atoms with E-state index >= 15 is 0 Å². The fourth-order valence-corrected chi connectivity index (χ4v) is 81.2. The third kappa shape index (κ3) is 0.0231. The zero-order valence-electron chi connectivity index (χ0n) is 6.52. The molecular weight excluding hydrogens is 198 g/mol. The molecule has 0 aromatic carbocycles. The first kappa shape index (κ1) is 3.89. The van der Waals surface area contributed by atoms with Crippen molar-refractivity contribution in [2.24, 2.45) is 0 Å². The summed E-state index contributed by atoms with van der Waals surface area (Å²) in [7, 11) is 0. The van der Waals surface area contributed by atoms with Crippen molar-refractivity contribution < 1.29 is 11.1 Å². The summed E-state index contributed by atoms with van der Waals surface area (Å²) in [6.45, 7) is 0. The van der Waals surface area contributed by atoms with Gasteiger partial charge in [-0.05, 0) is 0 Å². The van der Waals surface area contributed by atoms with E-state index in [0.29, 0.717) is 0 Å². The van der Waals surface area contributed by atoms with Crippen molar-refractivity contribution in [1.29, 1.82) is 0 Å². The van der Waals surface area contributed by atoms with Crippen LogP contribution in [0.2, 0.25) is 48.5 Å². The fraction of sp³-hybridized carbons (Fsp3) is 1.00. The van der Waals surface area contributed by atoms with Crippen LogP contribution in [0.15, 0.2) is 0 Å². The first-order valence-electron chi connectivity index (χ1n) is 5.26. The van der Waals surface area contributed by atoms with E-state index in [1.54, 1.807) is 48.5 Å². The topological polar surface area (TPSA) is 0 Å². The van der Waals surface area contributed by atoms with Crippen LogP contribution in [0.5, 0.6) is 0 Å².